The Balaban J connectivity index is 2.27. The molecular formula is C11H13BrFNO2S. The summed E-state index contributed by atoms with van der Waals surface area (Å²) in [4.78, 5) is 1.93. The van der Waals surface area contributed by atoms with Gasteiger partial charge in [-0.2, -0.15) is 0 Å². The summed E-state index contributed by atoms with van der Waals surface area (Å²) < 4.78 is 36.3. The van der Waals surface area contributed by atoms with Crippen LogP contribution in [-0.4, -0.2) is 33.0 Å². The molecule has 0 saturated carbocycles. The zero-order valence-electron chi connectivity index (χ0n) is 9.20. The predicted molar refractivity (Wildman–Crippen MR) is 69.9 cm³/mol. The molecule has 1 aromatic rings. The summed E-state index contributed by atoms with van der Waals surface area (Å²) >= 11 is 3.26. The number of halogens is 2. The number of hydrogen-bond acceptors (Lipinski definition) is 3. The third-order valence-electron chi connectivity index (χ3n) is 2.91. The van der Waals surface area contributed by atoms with E-state index in [1.807, 2.05) is 11.0 Å². The van der Waals surface area contributed by atoms with Gasteiger partial charge in [0.1, 0.15) is 5.82 Å². The average Bonchev–Trinajstić information content (AvgIpc) is 2.29. The molecule has 0 unspecified atom stereocenters. The number of sulfone groups is 1. The lowest BCUT2D eigenvalue weighted by atomic mass is 10.1. The summed E-state index contributed by atoms with van der Waals surface area (Å²) in [5, 5.41) is 0.429. The molecule has 1 heterocycles. The molecule has 0 N–H and O–H groups in total. The van der Waals surface area contributed by atoms with Crippen LogP contribution in [0, 0.1) is 5.82 Å². The highest BCUT2D eigenvalue weighted by molar-refractivity contribution is 9.08. The van der Waals surface area contributed by atoms with E-state index in [4.69, 9.17) is 0 Å². The van der Waals surface area contributed by atoms with E-state index in [0.29, 0.717) is 24.0 Å². The molecule has 1 aliphatic heterocycles. The zero-order valence-corrected chi connectivity index (χ0v) is 11.6. The van der Waals surface area contributed by atoms with Gasteiger partial charge in [-0.1, -0.05) is 22.0 Å². The van der Waals surface area contributed by atoms with Crippen LogP contribution in [0.2, 0.25) is 0 Å². The van der Waals surface area contributed by atoms with Gasteiger partial charge in [-0.05, 0) is 12.1 Å². The van der Waals surface area contributed by atoms with Crippen LogP contribution in [0.3, 0.4) is 0 Å². The topological polar surface area (TPSA) is 37.4 Å². The Bertz CT molecular complexity index is 504. The van der Waals surface area contributed by atoms with E-state index in [0.717, 1.165) is 5.69 Å². The van der Waals surface area contributed by atoms with Gasteiger partial charge in [0, 0.05) is 29.7 Å². The summed E-state index contributed by atoms with van der Waals surface area (Å²) in [6, 6.07) is 4.90. The number of alkyl halides is 1. The molecular weight excluding hydrogens is 309 g/mol. The molecule has 0 spiro atoms. The minimum absolute atomic E-state index is 0.144. The fraction of sp³-hybridized carbons (Fsp3) is 0.455. The molecule has 0 aliphatic carbocycles. The summed E-state index contributed by atoms with van der Waals surface area (Å²) in [6.45, 7) is 0.873. The van der Waals surface area contributed by atoms with Gasteiger partial charge in [-0.15, -0.1) is 0 Å². The third kappa shape index (κ3) is 2.80. The van der Waals surface area contributed by atoms with Gasteiger partial charge in [-0.3, -0.25) is 0 Å². The lowest BCUT2D eigenvalue weighted by molar-refractivity contribution is 0.586. The first-order valence-corrected chi connectivity index (χ1v) is 8.26. The van der Waals surface area contributed by atoms with Crippen LogP contribution in [0.4, 0.5) is 10.1 Å². The van der Waals surface area contributed by atoms with Crippen molar-refractivity contribution in [2.24, 2.45) is 0 Å². The zero-order chi connectivity index (χ0) is 12.5. The van der Waals surface area contributed by atoms with Gasteiger partial charge in [0.15, 0.2) is 9.84 Å². The van der Waals surface area contributed by atoms with Crippen molar-refractivity contribution >= 4 is 31.5 Å². The maximum absolute atomic E-state index is 13.6. The maximum Gasteiger partial charge on any atom is 0.153 e. The monoisotopic (exact) mass is 321 g/mol. The molecule has 94 valence electrons. The fourth-order valence-electron chi connectivity index (χ4n) is 1.93. The second-order valence-electron chi connectivity index (χ2n) is 4.01. The molecule has 0 radical (unpaired) electrons. The highest BCUT2D eigenvalue weighted by Gasteiger charge is 2.23. The number of rotatable bonds is 2. The lowest BCUT2D eigenvalue weighted by Crippen LogP contribution is -2.40. The molecule has 0 bridgehead atoms. The van der Waals surface area contributed by atoms with Crippen molar-refractivity contribution < 1.29 is 12.8 Å². The summed E-state index contributed by atoms with van der Waals surface area (Å²) in [5.74, 6) is 0.0315. The maximum atomic E-state index is 13.6. The molecule has 3 nitrogen and oxygen atoms in total. The van der Waals surface area contributed by atoms with Gasteiger partial charge in [0.2, 0.25) is 0 Å². The van der Waals surface area contributed by atoms with Gasteiger partial charge in [0.05, 0.1) is 11.5 Å². The van der Waals surface area contributed by atoms with Crippen molar-refractivity contribution in [1.29, 1.82) is 0 Å². The molecule has 0 atom stereocenters. The van der Waals surface area contributed by atoms with Crippen LogP contribution in [-0.2, 0) is 15.2 Å². The third-order valence-corrected chi connectivity index (χ3v) is 5.08. The van der Waals surface area contributed by atoms with E-state index in [2.05, 4.69) is 15.9 Å². The van der Waals surface area contributed by atoms with Crippen LogP contribution in [0.25, 0.3) is 0 Å². The number of nitrogens with zero attached hydrogens (tertiary/aromatic N) is 1. The van der Waals surface area contributed by atoms with E-state index in [1.54, 1.807) is 6.07 Å². The Morgan fingerprint density at radius 1 is 1.29 bits per heavy atom. The van der Waals surface area contributed by atoms with Crippen molar-refractivity contribution in [2.45, 2.75) is 5.33 Å². The lowest BCUT2D eigenvalue weighted by Gasteiger charge is -2.30. The number of hydrogen-bond donors (Lipinski definition) is 0. The first-order valence-electron chi connectivity index (χ1n) is 5.32. The summed E-state index contributed by atoms with van der Waals surface area (Å²) in [7, 11) is -2.90. The highest BCUT2D eigenvalue weighted by Crippen LogP contribution is 2.26. The van der Waals surface area contributed by atoms with Crippen LogP contribution >= 0.6 is 15.9 Å². The average molecular weight is 322 g/mol. The summed E-state index contributed by atoms with van der Waals surface area (Å²) in [5.41, 5.74) is 1.38. The molecule has 2 rings (SSSR count). The van der Waals surface area contributed by atoms with Gasteiger partial charge in [0.25, 0.3) is 0 Å². The van der Waals surface area contributed by atoms with Crippen LogP contribution in [0.15, 0.2) is 18.2 Å². The van der Waals surface area contributed by atoms with E-state index in [1.165, 1.54) is 6.07 Å². The first kappa shape index (κ1) is 12.8. The standard InChI is InChI=1S/C11H13BrFNO2S/c12-8-9-10(13)2-1-3-11(9)14-4-6-17(15,16)7-5-14/h1-3H,4-8H2. The van der Waals surface area contributed by atoms with Crippen molar-refractivity contribution in [1.82, 2.24) is 0 Å². The van der Waals surface area contributed by atoms with Gasteiger partial charge in [-0.25, -0.2) is 12.8 Å². The number of anilines is 1. The molecule has 6 heteroatoms. The second-order valence-corrected chi connectivity index (χ2v) is 6.87. The summed E-state index contributed by atoms with van der Waals surface area (Å²) in [6.07, 6.45) is 0. The Morgan fingerprint density at radius 3 is 2.53 bits per heavy atom. The molecule has 0 amide bonds. The van der Waals surface area contributed by atoms with Crippen molar-refractivity contribution in [3.05, 3.63) is 29.6 Å². The van der Waals surface area contributed by atoms with E-state index >= 15 is 0 Å². The van der Waals surface area contributed by atoms with Crippen LogP contribution < -0.4 is 4.90 Å². The number of benzene rings is 1. The van der Waals surface area contributed by atoms with Crippen LogP contribution in [0.1, 0.15) is 5.56 Å². The van der Waals surface area contributed by atoms with Gasteiger partial charge < -0.3 is 4.90 Å². The van der Waals surface area contributed by atoms with Gasteiger partial charge >= 0.3 is 0 Å². The largest absolute Gasteiger partial charge is 0.369 e. The predicted octanol–water partition coefficient (Wildman–Crippen LogP) is 1.96. The molecule has 1 fully saturated rings. The van der Waals surface area contributed by atoms with E-state index in [9.17, 15) is 12.8 Å². The minimum atomic E-state index is -2.90. The minimum Gasteiger partial charge on any atom is -0.369 e. The second kappa shape index (κ2) is 4.94. The van der Waals surface area contributed by atoms with E-state index in [-0.39, 0.29) is 17.3 Å². The highest BCUT2D eigenvalue weighted by atomic mass is 79.9. The quantitative estimate of drug-likeness (QED) is 0.781. The Morgan fingerprint density at radius 2 is 1.94 bits per heavy atom. The molecule has 0 aromatic heterocycles. The Hall–Kier alpha value is -0.620. The normalized spacial score (nSPS) is 19.3. The SMILES string of the molecule is O=S1(=O)CCN(c2cccc(F)c2CBr)CC1. The van der Waals surface area contributed by atoms with Crippen LogP contribution in [0.5, 0.6) is 0 Å². The smallest absolute Gasteiger partial charge is 0.153 e. The first-order chi connectivity index (χ1) is 8.03. The van der Waals surface area contributed by atoms with E-state index < -0.39 is 9.84 Å². The molecule has 1 aliphatic rings. The molecule has 17 heavy (non-hydrogen) atoms. The van der Waals surface area contributed by atoms with Crippen molar-refractivity contribution in [2.75, 3.05) is 29.5 Å². The Labute approximate surface area is 109 Å². The molecule has 1 saturated heterocycles. The molecule has 1 aromatic carbocycles. The van der Waals surface area contributed by atoms with Crippen molar-refractivity contribution in [3.8, 4) is 0 Å². The Kier molecular flexibility index (Phi) is 3.73. The fourth-order valence-corrected chi connectivity index (χ4v) is 3.69. The van der Waals surface area contributed by atoms with Crippen molar-refractivity contribution in [3.63, 3.8) is 0 Å².